The van der Waals surface area contributed by atoms with Gasteiger partial charge in [-0.25, -0.2) is 0 Å². The maximum Gasteiger partial charge on any atom is 0.275 e. The van der Waals surface area contributed by atoms with Gasteiger partial charge in [-0.05, 0) is 55.6 Å². The summed E-state index contributed by atoms with van der Waals surface area (Å²) in [5, 5.41) is 5.93. The van der Waals surface area contributed by atoms with Crippen LogP contribution in [0.5, 0.6) is 5.75 Å². The second-order valence-corrected chi connectivity index (χ2v) is 8.28. The molecule has 4 rings (SSSR count). The predicted molar refractivity (Wildman–Crippen MR) is 118 cm³/mol. The molecular formula is C22H25N3O4S. The van der Waals surface area contributed by atoms with E-state index in [1.165, 1.54) is 0 Å². The quantitative estimate of drug-likeness (QED) is 0.588. The molecule has 2 amide bonds. The maximum absolute atomic E-state index is 13.6. The Kier molecular flexibility index (Phi) is 5.53. The first-order chi connectivity index (χ1) is 14.5. The molecule has 30 heavy (non-hydrogen) atoms. The molecule has 0 saturated heterocycles. The molecule has 1 aliphatic rings. The van der Waals surface area contributed by atoms with Crippen LogP contribution in [-0.4, -0.2) is 48.8 Å². The molecule has 1 aromatic carbocycles. The molecular weight excluding hydrogens is 402 g/mol. The van der Waals surface area contributed by atoms with Gasteiger partial charge in [-0.3, -0.25) is 14.5 Å². The number of thiophene rings is 1. The molecule has 0 fully saturated rings. The van der Waals surface area contributed by atoms with Crippen molar-refractivity contribution in [2.75, 3.05) is 31.8 Å². The molecule has 0 saturated carbocycles. The number of rotatable bonds is 7. The lowest BCUT2D eigenvalue weighted by atomic mass is 9.93. The van der Waals surface area contributed by atoms with Crippen molar-refractivity contribution in [1.82, 2.24) is 9.88 Å². The van der Waals surface area contributed by atoms with Gasteiger partial charge in [0.2, 0.25) is 5.91 Å². The molecule has 2 aromatic heterocycles. The second kappa shape index (κ2) is 8.12. The third-order valence-corrected chi connectivity index (χ3v) is 6.32. The number of amides is 2. The summed E-state index contributed by atoms with van der Waals surface area (Å²) in [4.78, 5) is 29.5. The van der Waals surface area contributed by atoms with Gasteiger partial charge in [0.1, 0.15) is 21.8 Å². The summed E-state index contributed by atoms with van der Waals surface area (Å²) in [7, 11) is 1.59. The summed E-state index contributed by atoms with van der Waals surface area (Å²) in [6, 6.07) is 11.2. The standard InChI is InChI=1S/C22H25N3O4S/c1-4-29-17-7-5-16(6-8-17)25-19(26)18-13-15-9-12-30-20(15)24(18)14-22(25,2)21(27)23-10-11-28-3/h5-9,12-13H,4,10-11,14H2,1-3H3,(H,23,27)/t22-/m0/s1. The van der Waals surface area contributed by atoms with Crippen molar-refractivity contribution in [3.05, 3.63) is 47.5 Å². The molecule has 0 bridgehead atoms. The lowest BCUT2D eigenvalue weighted by molar-refractivity contribution is -0.126. The van der Waals surface area contributed by atoms with Crippen LogP contribution in [0.2, 0.25) is 0 Å². The predicted octanol–water partition coefficient (Wildman–Crippen LogP) is 3.28. The Hall–Kier alpha value is -2.84. The van der Waals surface area contributed by atoms with Crippen molar-refractivity contribution in [1.29, 1.82) is 0 Å². The fraction of sp³-hybridized carbons (Fsp3) is 0.364. The van der Waals surface area contributed by atoms with Crippen LogP contribution < -0.4 is 15.0 Å². The van der Waals surface area contributed by atoms with Crippen molar-refractivity contribution >= 4 is 39.1 Å². The zero-order valence-corrected chi connectivity index (χ0v) is 18.1. The highest BCUT2D eigenvalue weighted by Crippen LogP contribution is 2.37. The minimum atomic E-state index is -1.10. The number of nitrogens with zero attached hydrogens (tertiary/aromatic N) is 2. The van der Waals surface area contributed by atoms with Gasteiger partial charge in [0.25, 0.3) is 5.91 Å². The largest absolute Gasteiger partial charge is 0.494 e. The Morgan fingerprint density at radius 2 is 2.03 bits per heavy atom. The molecule has 0 radical (unpaired) electrons. The van der Waals surface area contributed by atoms with Gasteiger partial charge in [-0.2, -0.15) is 0 Å². The fourth-order valence-corrected chi connectivity index (χ4v) is 4.81. The van der Waals surface area contributed by atoms with Gasteiger partial charge >= 0.3 is 0 Å². The fourth-order valence-electron chi connectivity index (χ4n) is 3.92. The molecule has 0 aliphatic carbocycles. The SMILES string of the molecule is CCOc1ccc(N2C(=O)c3cc4ccsc4n3C[C@@]2(C)C(=O)NCCOC)cc1. The second-order valence-electron chi connectivity index (χ2n) is 7.39. The van der Waals surface area contributed by atoms with Crippen LogP contribution in [-0.2, 0) is 16.1 Å². The number of ether oxygens (including phenoxy) is 2. The summed E-state index contributed by atoms with van der Waals surface area (Å²) in [6.07, 6.45) is 0. The first-order valence-corrected chi connectivity index (χ1v) is 10.8. The first kappa shape index (κ1) is 20.4. The highest BCUT2D eigenvalue weighted by molar-refractivity contribution is 7.16. The molecule has 7 nitrogen and oxygen atoms in total. The zero-order valence-electron chi connectivity index (χ0n) is 17.3. The molecule has 1 atom stereocenters. The number of carbonyl (C=O) groups excluding carboxylic acids is 2. The van der Waals surface area contributed by atoms with Crippen LogP contribution in [0.4, 0.5) is 5.69 Å². The molecule has 158 valence electrons. The smallest absolute Gasteiger partial charge is 0.275 e. The lowest BCUT2D eigenvalue weighted by Gasteiger charge is -2.44. The molecule has 8 heteroatoms. The Labute approximate surface area is 179 Å². The van der Waals surface area contributed by atoms with Crippen LogP contribution in [0.3, 0.4) is 0 Å². The average Bonchev–Trinajstić information content (AvgIpc) is 3.32. The molecule has 3 aromatic rings. The number of hydrogen-bond donors (Lipinski definition) is 1. The van der Waals surface area contributed by atoms with Crippen molar-refractivity contribution in [3.8, 4) is 5.75 Å². The molecule has 0 spiro atoms. The number of hydrogen-bond acceptors (Lipinski definition) is 5. The van der Waals surface area contributed by atoms with E-state index < -0.39 is 5.54 Å². The topological polar surface area (TPSA) is 72.8 Å². The highest BCUT2D eigenvalue weighted by atomic mass is 32.1. The molecule has 1 N–H and O–H groups in total. The Balaban J connectivity index is 1.78. The van der Waals surface area contributed by atoms with Crippen LogP contribution in [0.25, 0.3) is 10.2 Å². The maximum atomic E-state index is 13.6. The van der Waals surface area contributed by atoms with E-state index in [0.717, 1.165) is 16.0 Å². The number of methoxy groups -OCH3 is 1. The minimum absolute atomic E-state index is 0.196. The number of carbonyl (C=O) groups is 2. The van der Waals surface area contributed by atoms with Gasteiger partial charge < -0.3 is 19.4 Å². The van der Waals surface area contributed by atoms with Gasteiger partial charge in [0.15, 0.2) is 0 Å². The Morgan fingerprint density at radius 1 is 1.27 bits per heavy atom. The lowest BCUT2D eigenvalue weighted by Crippen LogP contribution is -2.64. The van der Waals surface area contributed by atoms with Crippen LogP contribution in [0.15, 0.2) is 41.8 Å². The van der Waals surface area contributed by atoms with Crippen LogP contribution >= 0.6 is 11.3 Å². The summed E-state index contributed by atoms with van der Waals surface area (Å²) < 4.78 is 12.5. The monoisotopic (exact) mass is 427 g/mol. The number of fused-ring (bicyclic) bond motifs is 3. The minimum Gasteiger partial charge on any atom is -0.494 e. The van der Waals surface area contributed by atoms with Crippen molar-refractivity contribution < 1.29 is 19.1 Å². The van der Waals surface area contributed by atoms with Gasteiger partial charge in [0, 0.05) is 24.7 Å². The van der Waals surface area contributed by atoms with E-state index in [0.29, 0.717) is 37.7 Å². The summed E-state index contributed by atoms with van der Waals surface area (Å²) >= 11 is 1.57. The Morgan fingerprint density at radius 3 is 2.73 bits per heavy atom. The highest BCUT2D eigenvalue weighted by Gasteiger charge is 2.48. The van der Waals surface area contributed by atoms with Crippen molar-refractivity contribution in [2.45, 2.75) is 25.9 Å². The van der Waals surface area contributed by atoms with E-state index in [-0.39, 0.29) is 11.8 Å². The van der Waals surface area contributed by atoms with Gasteiger partial charge in [0.05, 0.1) is 19.8 Å². The summed E-state index contributed by atoms with van der Waals surface area (Å²) in [5.41, 5.74) is 0.150. The van der Waals surface area contributed by atoms with Gasteiger partial charge in [-0.1, -0.05) is 0 Å². The van der Waals surface area contributed by atoms with Crippen LogP contribution in [0, 0.1) is 0 Å². The van der Waals surface area contributed by atoms with E-state index in [1.807, 2.05) is 60.2 Å². The number of benzene rings is 1. The van der Waals surface area contributed by atoms with Gasteiger partial charge in [-0.15, -0.1) is 11.3 Å². The van der Waals surface area contributed by atoms with E-state index in [2.05, 4.69) is 5.32 Å². The third kappa shape index (κ3) is 3.36. The third-order valence-electron chi connectivity index (χ3n) is 5.37. The molecule has 0 unspecified atom stereocenters. The Bertz CT molecular complexity index is 1070. The average molecular weight is 428 g/mol. The zero-order chi connectivity index (χ0) is 21.3. The van der Waals surface area contributed by atoms with E-state index >= 15 is 0 Å². The molecule has 1 aliphatic heterocycles. The number of anilines is 1. The number of nitrogens with one attached hydrogen (secondary N) is 1. The van der Waals surface area contributed by atoms with E-state index in [1.54, 1.807) is 23.3 Å². The van der Waals surface area contributed by atoms with Crippen LogP contribution in [0.1, 0.15) is 24.3 Å². The summed E-state index contributed by atoms with van der Waals surface area (Å²) in [6.45, 7) is 5.44. The molecule has 3 heterocycles. The summed E-state index contributed by atoms with van der Waals surface area (Å²) in [5.74, 6) is 0.310. The normalized spacial score (nSPS) is 18.5. The van der Waals surface area contributed by atoms with Crippen molar-refractivity contribution in [3.63, 3.8) is 0 Å². The van der Waals surface area contributed by atoms with Crippen molar-refractivity contribution in [2.24, 2.45) is 0 Å². The first-order valence-electron chi connectivity index (χ1n) is 9.91. The van der Waals surface area contributed by atoms with E-state index in [4.69, 9.17) is 9.47 Å². The number of aromatic nitrogens is 1. The van der Waals surface area contributed by atoms with E-state index in [9.17, 15) is 9.59 Å².